The molecule has 0 saturated carbocycles. The van der Waals surface area contributed by atoms with Gasteiger partial charge in [0, 0.05) is 0 Å². The number of benzene rings is 1. The molecule has 0 unspecified atom stereocenters. The van der Waals surface area contributed by atoms with Gasteiger partial charge in [-0.25, -0.2) is 0 Å². The minimum atomic E-state index is -0.343. The molecule has 5 heteroatoms. The van der Waals surface area contributed by atoms with Gasteiger partial charge in [-0.05, 0) is 11.8 Å². The monoisotopic (exact) mass is 235 g/mol. The van der Waals surface area contributed by atoms with E-state index in [9.17, 15) is 0 Å². The lowest BCUT2D eigenvalue weighted by Crippen LogP contribution is -2.12. The van der Waals surface area contributed by atoms with Gasteiger partial charge < -0.3 is 10.3 Å². The van der Waals surface area contributed by atoms with Gasteiger partial charge in [0.2, 0.25) is 5.89 Å². The van der Waals surface area contributed by atoms with Crippen LogP contribution in [0.15, 0.2) is 34.9 Å². The molecule has 0 amide bonds. The van der Waals surface area contributed by atoms with Gasteiger partial charge in [0.05, 0.1) is 5.75 Å². The Morgan fingerprint density at radius 2 is 2.12 bits per heavy atom. The van der Waals surface area contributed by atoms with E-state index in [1.54, 1.807) is 11.8 Å². The van der Waals surface area contributed by atoms with Gasteiger partial charge in [0.1, 0.15) is 6.04 Å². The Labute approximate surface area is 98.2 Å². The third-order valence-electron chi connectivity index (χ3n) is 2.18. The van der Waals surface area contributed by atoms with Crippen molar-refractivity contribution in [2.75, 3.05) is 6.26 Å². The zero-order chi connectivity index (χ0) is 11.4. The summed E-state index contributed by atoms with van der Waals surface area (Å²) in [6.45, 7) is 0. The highest BCUT2D eigenvalue weighted by molar-refractivity contribution is 7.97. The second-order valence-corrected chi connectivity index (χ2v) is 4.24. The molecule has 0 spiro atoms. The van der Waals surface area contributed by atoms with Crippen LogP contribution in [0.4, 0.5) is 0 Å². The summed E-state index contributed by atoms with van der Waals surface area (Å²) in [7, 11) is 0. The number of nitrogens with two attached hydrogens (primary N) is 1. The first-order valence-corrected chi connectivity index (χ1v) is 6.32. The fourth-order valence-corrected chi connectivity index (χ4v) is 1.76. The third-order valence-corrected chi connectivity index (χ3v) is 2.73. The molecule has 0 aliphatic heterocycles. The van der Waals surface area contributed by atoms with E-state index in [4.69, 9.17) is 10.3 Å². The minimum Gasteiger partial charge on any atom is -0.337 e. The first-order valence-electron chi connectivity index (χ1n) is 4.93. The number of hydrogen-bond donors (Lipinski definition) is 1. The van der Waals surface area contributed by atoms with Gasteiger partial charge in [-0.1, -0.05) is 35.5 Å². The lowest BCUT2D eigenvalue weighted by Gasteiger charge is -2.05. The summed E-state index contributed by atoms with van der Waals surface area (Å²) in [5.74, 6) is 1.90. The summed E-state index contributed by atoms with van der Waals surface area (Å²) in [4.78, 5) is 4.25. The molecule has 0 fully saturated rings. The van der Waals surface area contributed by atoms with Crippen molar-refractivity contribution in [3.05, 3.63) is 47.6 Å². The Kier molecular flexibility index (Phi) is 3.58. The first kappa shape index (κ1) is 11.2. The van der Waals surface area contributed by atoms with Crippen LogP contribution in [0.25, 0.3) is 0 Å². The van der Waals surface area contributed by atoms with E-state index in [0.717, 1.165) is 11.3 Å². The van der Waals surface area contributed by atoms with Crippen molar-refractivity contribution in [1.29, 1.82) is 0 Å². The molecule has 1 heterocycles. The molecule has 16 heavy (non-hydrogen) atoms. The summed E-state index contributed by atoms with van der Waals surface area (Å²) >= 11 is 1.65. The topological polar surface area (TPSA) is 64.9 Å². The Balaban J connectivity index is 2.17. The molecule has 1 aromatic carbocycles. The van der Waals surface area contributed by atoms with Crippen LogP contribution in [0, 0.1) is 0 Å². The normalized spacial score (nSPS) is 12.6. The fraction of sp³-hybridized carbons (Fsp3) is 0.273. The summed E-state index contributed by atoms with van der Waals surface area (Å²) in [5, 5.41) is 3.87. The van der Waals surface area contributed by atoms with E-state index < -0.39 is 0 Å². The smallest absolute Gasteiger partial charge is 0.248 e. The largest absolute Gasteiger partial charge is 0.337 e. The van der Waals surface area contributed by atoms with Crippen molar-refractivity contribution < 1.29 is 4.52 Å². The second kappa shape index (κ2) is 5.14. The molecule has 0 aliphatic carbocycles. The van der Waals surface area contributed by atoms with Crippen molar-refractivity contribution in [2.45, 2.75) is 11.8 Å². The average molecular weight is 235 g/mol. The Morgan fingerprint density at radius 3 is 2.81 bits per heavy atom. The molecule has 0 radical (unpaired) electrons. The molecule has 2 N–H and O–H groups in total. The highest BCUT2D eigenvalue weighted by atomic mass is 32.2. The third kappa shape index (κ3) is 2.43. The molecule has 0 aliphatic rings. The lowest BCUT2D eigenvalue weighted by atomic mass is 10.1. The van der Waals surface area contributed by atoms with Crippen molar-refractivity contribution in [1.82, 2.24) is 10.1 Å². The predicted molar refractivity (Wildman–Crippen MR) is 64.0 cm³/mol. The first-order chi connectivity index (χ1) is 7.81. The van der Waals surface area contributed by atoms with E-state index in [-0.39, 0.29) is 6.04 Å². The Hall–Kier alpha value is -1.33. The van der Waals surface area contributed by atoms with Crippen LogP contribution in [-0.4, -0.2) is 16.4 Å². The van der Waals surface area contributed by atoms with Crippen LogP contribution < -0.4 is 5.73 Å². The van der Waals surface area contributed by atoms with Crippen molar-refractivity contribution >= 4 is 11.8 Å². The summed E-state index contributed by atoms with van der Waals surface area (Å²) in [5.41, 5.74) is 7.00. The molecule has 2 aromatic rings. The number of aromatic nitrogens is 2. The van der Waals surface area contributed by atoms with Gasteiger partial charge in [0.15, 0.2) is 5.82 Å². The standard InChI is InChI=1S/C11H13N3OS/c1-16-7-9-13-11(15-14-9)10(12)8-5-3-2-4-6-8/h2-6,10H,7,12H2,1H3/t10-/m0/s1. The van der Waals surface area contributed by atoms with Crippen molar-refractivity contribution in [3.8, 4) is 0 Å². The molecule has 0 bridgehead atoms. The Bertz CT molecular complexity index is 444. The van der Waals surface area contributed by atoms with E-state index >= 15 is 0 Å². The Morgan fingerprint density at radius 1 is 1.38 bits per heavy atom. The number of hydrogen-bond acceptors (Lipinski definition) is 5. The van der Waals surface area contributed by atoms with Gasteiger partial charge in [-0.2, -0.15) is 16.7 Å². The zero-order valence-electron chi connectivity index (χ0n) is 8.96. The minimum absolute atomic E-state index is 0.343. The van der Waals surface area contributed by atoms with Gasteiger partial charge in [0.25, 0.3) is 0 Å². The van der Waals surface area contributed by atoms with Crippen LogP contribution >= 0.6 is 11.8 Å². The van der Waals surface area contributed by atoms with Gasteiger partial charge in [-0.3, -0.25) is 0 Å². The molecule has 1 atom stereocenters. The van der Waals surface area contributed by atoms with Crippen molar-refractivity contribution in [3.63, 3.8) is 0 Å². The van der Waals surface area contributed by atoms with Crippen LogP contribution in [-0.2, 0) is 5.75 Å². The van der Waals surface area contributed by atoms with Crippen LogP contribution in [0.1, 0.15) is 23.3 Å². The molecule has 4 nitrogen and oxygen atoms in total. The molecule has 1 aromatic heterocycles. The molecule has 84 valence electrons. The maximum atomic E-state index is 6.02. The second-order valence-electron chi connectivity index (χ2n) is 3.37. The van der Waals surface area contributed by atoms with E-state index in [2.05, 4.69) is 10.1 Å². The van der Waals surface area contributed by atoms with E-state index in [0.29, 0.717) is 11.7 Å². The van der Waals surface area contributed by atoms with E-state index in [1.807, 2.05) is 36.6 Å². The summed E-state index contributed by atoms with van der Waals surface area (Å²) in [6.07, 6.45) is 1.99. The number of thioether (sulfide) groups is 1. The lowest BCUT2D eigenvalue weighted by molar-refractivity contribution is 0.363. The molecule has 2 rings (SSSR count). The highest BCUT2D eigenvalue weighted by Gasteiger charge is 2.15. The highest BCUT2D eigenvalue weighted by Crippen LogP contribution is 2.18. The number of nitrogens with zero attached hydrogens (tertiary/aromatic N) is 2. The fourth-order valence-electron chi connectivity index (χ4n) is 1.38. The predicted octanol–water partition coefficient (Wildman–Crippen LogP) is 1.98. The summed E-state index contributed by atoms with van der Waals surface area (Å²) < 4.78 is 5.13. The zero-order valence-corrected chi connectivity index (χ0v) is 9.78. The van der Waals surface area contributed by atoms with Crippen LogP contribution in [0.5, 0.6) is 0 Å². The SMILES string of the molecule is CSCc1noc([C@@H](N)c2ccccc2)n1. The quantitative estimate of drug-likeness (QED) is 0.877. The average Bonchev–Trinajstić information content (AvgIpc) is 2.78. The molecular weight excluding hydrogens is 222 g/mol. The molecule has 0 saturated heterocycles. The van der Waals surface area contributed by atoms with E-state index in [1.165, 1.54) is 0 Å². The summed E-state index contributed by atoms with van der Waals surface area (Å²) in [6, 6.07) is 9.38. The maximum Gasteiger partial charge on any atom is 0.248 e. The maximum absolute atomic E-state index is 6.02. The van der Waals surface area contributed by atoms with Crippen molar-refractivity contribution in [2.24, 2.45) is 5.73 Å². The molecular formula is C11H13N3OS. The van der Waals surface area contributed by atoms with Gasteiger partial charge >= 0.3 is 0 Å². The van der Waals surface area contributed by atoms with Crippen LogP contribution in [0.3, 0.4) is 0 Å². The number of rotatable bonds is 4. The van der Waals surface area contributed by atoms with Crippen LogP contribution in [0.2, 0.25) is 0 Å². The van der Waals surface area contributed by atoms with Gasteiger partial charge in [-0.15, -0.1) is 0 Å².